The number of benzene rings is 2. The largest absolute Gasteiger partial charge is 0.366 e. The van der Waals surface area contributed by atoms with E-state index in [4.69, 9.17) is 4.98 Å². The Kier molecular flexibility index (Phi) is 6.30. The van der Waals surface area contributed by atoms with Gasteiger partial charge in [0.05, 0.1) is 11.3 Å². The van der Waals surface area contributed by atoms with E-state index in [1.54, 1.807) is 18.3 Å². The number of hydrogen-bond acceptors (Lipinski definition) is 6. The van der Waals surface area contributed by atoms with E-state index < -0.39 is 0 Å². The van der Waals surface area contributed by atoms with E-state index in [1.807, 2.05) is 58.5 Å². The van der Waals surface area contributed by atoms with Crippen LogP contribution in [0.1, 0.15) is 10.4 Å². The van der Waals surface area contributed by atoms with Crippen LogP contribution < -0.4 is 14.7 Å². The van der Waals surface area contributed by atoms with Gasteiger partial charge in [-0.3, -0.25) is 4.79 Å². The summed E-state index contributed by atoms with van der Waals surface area (Å²) in [6, 6.07) is 20.8. The molecule has 0 atom stereocenters. The van der Waals surface area contributed by atoms with Crippen molar-refractivity contribution in [2.45, 2.75) is 0 Å². The van der Waals surface area contributed by atoms with Gasteiger partial charge in [-0.05, 0) is 29.7 Å². The minimum Gasteiger partial charge on any atom is -0.366 e. The monoisotopic (exact) mass is 496 g/mol. The normalized spacial score (nSPS) is 16.4. The lowest BCUT2D eigenvalue weighted by Gasteiger charge is -2.37. The number of aromatic nitrogens is 2. The Labute approximate surface area is 215 Å². The highest BCUT2D eigenvalue weighted by atomic mass is 19.1. The maximum atomic E-state index is 14.2. The topological polar surface area (TPSA) is 55.8 Å². The highest BCUT2D eigenvalue weighted by Gasteiger charge is 2.27. The molecule has 0 radical (unpaired) electrons. The van der Waals surface area contributed by atoms with Crippen LogP contribution in [-0.4, -0.2) is 73.1 Å². The third-order valence-corrected chi connectivity index (χ3v) is 7.32. The molecule has 2 fully saturated rings. The van der Waals surface area contributed by atoms with Crippen molar-refractivity contribution >= 4 is 34.0 Å². The van der Waals surface area contributed by atoms with Gasteiger partial charge in [-0.15, -0.1) is 0 Å². The number of piperazine rings is 2. The average Bonchev–Trinajstić information content (AvgIpc) is 2.97. The van der Waals surface area contributed by atoms with Crippen LogP contribution in [0.2, 0.25) is 0 Å². The lowest BCUT2D eigenvalue weighted by atomic mass is 10.0. The number of anilines is 3. The SMILES string of the molecule is O=C(c1cnc(N2CCN(c3ccccn3)CC2)c2ccccc12)N1CCN(c2ccccc2F)CC1. The summed E-state index contributed by atoms with van der Waals surface area (Å²) >= 11 is 0. The molecule has 6 rings (SSSR count). The Morgan fingerprint density at radius 1 is 0.676 bits per heavy atom. The molecule has 0 unspecified atom stereocenters. The lowest BCUT2D eigenvalue weighted by molar-refractivity contribution is 0.0748. The molecule has 0 bridgehead atoms. The molecule has 188 valence electrons. The number of halogens is 1. The van der Waals surface area contributed by atoms with Gasteiger partial charge in [-0.25, -0.2) is 14.4 Å². The predicted octanol–water partition coefficient (Wildman–Crippen LogP) is 4.06. The fraction of sp³-hybridized carbons (Fsp3) is 0.276. The summed E-state index contributed by atoms with van der Waals surface area (Å²) in [5.74, 6) is 1.66. The van der Waals surface area contributed by atoms with E-state index in [1.165, 1.54) is 6.07 Å². The second kappa shape index (κ2) is 10.0. The molecule has 0 spiro atoms. The van der Waals surface area contributed by atoms with Crippen LogP contribution in [0.4, 0.5) is 21.7 Å². The third-order valence-electron chi connectivity index (χ3n) is 7.32. The molecule has 4 aromatic rings. The Morgan fingerprint density at radius 2 is 1.32 bits per heavy atom. The molecule has 2 aliphatic heterocycles. The van der Waals surface area contributed by atoms with Crippen molar-refractivity contribution in [2.75, 3.05) is 67.1 Å². The van der Waals surface area contributed by atoms with E-state index in [-0.39, 0.29) is 11.7 Å². The van der Waals surface area contributed by atoms with Crippen LogP contribution in [0.15, 0.2) is 79.1 Å². The molecule has 8 heteroatoms. The molecule has 2 aromatic heterocycles. The van der Waals surface area contributed by atoms with Crippen molar-refractivity contribution in [3.63, 3.8) is 0 Å². The van der Waals surface area contributed by atoms with E-state index in [0.717, 1.165) is 48.6 Å². The summed E-state index contributed by atoms with van der Waals surface area (Å²) in [6.45, 7) is 5.66. The number of nitrogens with zero attached hydrogens (tertiary/aromatic N) is 6. The van der Waals surface area contributed by atoms with Crippen LogP contribution in [0.3, 0.4) is 0 Å². The van der Waals surface area contributed by atoms with Crippen LogP contribution >= 0.6 is 0 Å². The summed E-state index contributed by atoms with van der Waals surface area (Å²) in [4.78, 5) is 31.3. The number of rotatable bonds is 4. The predicted molar refractivity (Wildman–Crippen MR) is 145 cm³/mol. The molecule has 7 nitrogen and oxygen atoms in total. The van der Waals surface area contributed by atoms with Gasteiger partial charge in [0.2, 0.25) is 0 Å². The number of carbonyl (C=O) groups excluding carboxylic acids is 1. The quantitative estimate of drug-likeness (QED) is 0.425. The maximum absolute atomic E-state index is 14.2. The molecular formula is C29H29FN6O. The zero-order valence-electron chi connectivity index (χ0n) is 20.6. The number of fused-ring (bicyclic) bond motifs is 1. The van der Waals surface area contributed by atoms with Gasteiger partial charge < -0.3 is 19.6 Å². The lowest BCUT2D eigenvalue weighted by Crippen LogP contribution is -2.49. The van der Waals surface area contributed by atoms with E-state index in [0.29, 0.717) is 37.4 Å². The fourth-order valence-electron chi connectivity index (χ4n) is 5.32. The number of para-hydroxylation sites is 1. The zero-order valence-corrected chi connectivity index (χ0v) is 20.6. The molecule has 2 aromatic carbocycles. The first-order valence-electron chi connectivity index (χ1n) is 12.8. The fourth-order valence-corrected chi connectivity index (χ4v) is 5.32. The molecule has 2 saturated heterocycles. The van der Waals surface area contributed by atoms with Crippen molar-refractivity contribution in [1.82, 2.24) is 14.9 Å². The van der Waals surface area contributed by atoms with Gasteiger partial charge in [0, 0.05) is 70.1 Å². The summed E-state index contributed by atoms with van der Waals surface area (Å²) < 4.78 is 14.2. The van der Waals surface area contributed by atoms with E-state index in [9.17, 15) is 9.18 Å². The van der Waals surface area contributed by atoms with Gasteiger partial charge in [0.1, 0.15) is 17.5 Å². The van der Waals surface area contributed by atoms with Crippen LogP contribution in [-0.2, 0) is 0 Å². The second-order valence-electron chi connectivity index (χ2n) is 9.43. The second-order valence-corrected chi connectivity index (χ2v) is 9.43. The van der Waals surface area contributed by atoms with Crippen LogP contribution in [0, 0.1) is 5.82 Å². The summed E-state index contributed by atoms with van der Waals surface area (Å²) in [6.07, 6.45) is 3.56. The molecule has 0 aliphatic carbocycles. The Hall–Kier alpha value is -4.20. The highest BCUT2D eigenvalue weighted by molar-refractivity contribution is 6.09. The molecule has 37 heavy (non-hydrogen) atoms. The highest BCUT2D eigenvalue weighted by Crippen LogP contribution is 2.30. The van der Waals surface area contributed by atoms with Gasteiger partial charge in [0.15, 0.2) is 0 Å². The van der Waals surface area contributed by atoms with Gasteiger partial charge in [0.25, 0.3) is 5.91 Å². The van der Waals surface area contributed by atoms with E-state index in [2.05, 4.69) is 20.9 Å². The number of carbonyl (C=O) groups is 1. The molecule has 4 heterocycles. The summed E-state index contributed by atoms with van der Waals surface area (Å²) in [5, 5.41) is 1.91. The Morgan fingerprint density at radius 3 is 2.05 bits per heavy atom. The van der Waals surface area contributed by atoms with Gasteiger partial charge in [-0.1, -0.05) is 42.5 Å². The van der Waals surface area contributed by atoms with Crippen molar-refractivity contribution < 1.29 is 9.18 Å². The smallest absolute Gasteiger partial charge is 0.256 e. The molecule has 1 amide bonds. The Balaban J connectivity index is 1.19. The molecular weight excluding hydrogens is 467 g/mol. The summed E-state index contributed by atoms with van der Waals surface area (Å²) in [7, 11) is 0. The van der Waals surface area contributed by atoms with Crippen molar-refractivity contribution in [3.05, 3.63) is 90.5 Å². The zero-order chi connectivity index (χ0) is 25.2. The van der Waals surface area contributed by atoms with Gasteiger partial charge in [-0.2, -0.15) is 0 Å². The number of pyridine rings is 2. The minimum atomic E-state index is -0.228. The summed E-state index contributed by atoms with van der Waals surface area (Å²) in [5.41, 5.74) is 1.21. The first-order chi connectivity index (χ1) is 18.2. The third kappa shape index (κ3) is 4.55. The van der Waals surface area contributed by atoms with Crippen LogP contribution in [0.25, 0.3) is 10.8 Å². The van der Waals surface area contributed by atoms with Crippen molar-refractivity contribution in [3.8, 4) is 0 Å². The molecule has 2 aliphatic rings. The number of hydrogen-bond donors (Lipinski definition) is 0. The first kappa shape index (κ1) is 23.2. The standard InChI is InChI=1S/C29H29FN6O/c30-25-9-3-4-10-26(25)33-13-19-36(20-14-33)29(37)24-21-32-28(23-8-2-1-7-22(23)24)35-17-15-34(16-18-35)27-11-5-6-12-31-27/h1-12,21H,13-20H2. The average molecular weight is 497 g/mol. The van der Waals surface area contributed by atoms with Crippen molar-refractivity contribution in [1.29, 1.82) is 0 Å². The van der Waals surface area contributed by atoms with Crippen LogP contribution in [0.5, 0.6) is 0 Å². The van der Waals surface area contributed by atoms with Gasteiger partial charge >= 0.3 is 0 Å². The number of amides is 1. The first-order valence-corrected chi connectivity index (χ1v) is 12.8. The maximum Gasteiger partial charge on any atom is 0.256 e. The van der Waals surface area contributed by atoms with Crippen molar-refractivity contribution in [2.24, 2.45) is 0 Å². The minimum absolute atomic E-state index is 0.0246. The molecule has 0 N–H and O–H groups in total. The molecule has 0 saturated carbocycles. The Bertz CT molecular complexity index is 1400. The van der Waals surface area contributed by atoms with E-state index >= 15 is 0 Å².